The molecule has 2 atom stereocenters. The van der Waals surface area contributed by atoms with E-state index in [4.69, 9.17) is 4.74 Å². The van der Waals surface area contributed by atoms with Crippen molar-refractivity contribution in [1.82, 2.24) is 15.1 Å². The molecule has 1 heterocycles. The zero-order valence-corrected chi connectivity index (χ0v) is 14.4. The van der Waals surface area contributed by atoms with Gasteiger partial charge in [0, 0.05) is 6.04 Å². The topological polar surface area (TPSA) is 56.1 Å². The van der Waals surface area contributed by atoms with Crippen molar-refractivity contribution in [2.75, 3.05) is 7.11 Å². The Bertz CT molecular complexity index is 568. The van der Waals surface area contributed by atoms with Gasteiger partial charge in [0.15, 0.2) is 0 Å². The Morgan fingerprint density at radius 1 is 1.43 bits per heavy atom. The molecule has 0 radical (unpaired) electrons. The molecule has 2 aliphatic carbocycles. The third-order valence-corrected chi connectivity index (χ3v) is 5.85. The number of ether oxygens (including phenoxy) is 1. The summed E-state index contributed by atoms with van der Waals surface area (Å²) in [5, 5.41) is 8.16. The molecule has 1 aromatic rings. The predicted molar refractivity (Wildman–Crippen MR) is 83.2 cm³/mol. The van der Waals surface area contributed by atoms with Crippen molar-refractivity contribution in [3.05, 3.63) is 15.9 Å². The van der Waals surface area contributed by atoms with Crippen LogP contribution in [-0.4, -0.2) is 34.4 Å². The molecule has 6 heteroatoms. The molecule has 2 saturated carbocycles. The highest BCUT2D eigenvalue weighted by atomic mass is 79.9. The molecular formula is C15H22BrN3O2. The van der Waals surface area contributed by atoms with Gasteiger partial charge < -0.3 is 4.74 Å². The second-order valence-electron chi connectivity index (χ2n) is 6.32. The van der Waals surface area contributed by atoms with E-state index in [1.54, 1.807) is 0 Å². The number of methoxy groups -OCH3 is 1. The van der Waals surface area contributed by atoms with E-state index in [-0.39, 0.29) is 12.0 Å². The minimum absolute atomic E-state index is 0.127. The van der Waals surface area contributed by atoms with Gasteiger partial charge in [-0.3, -0.25) is 14.8 Å². The number of aryl methyl sites for hydroxylation is 1. The predicted octanol–water partition coefficient (Wildman–Crippen LogP) is 2.65. The lowest BCUT2D eigenvalue weighted by Gasteiger charge is -2.28. The van der Waals surface area contributed by atoms with Crippen molar-refractivity contribution in [2.24, 2.45) is 0 Å². The smallest absolute Gasteiger partial charge is 0.326 e. The van der Waals surface area contributed by atoms with Crippen LogP contribution in [-0.2, 0) is 9.53 Å². The van der Waals surface area contributed by atoms with Gasteiger partial charge in [-0.15, -0.1) is 0 Å². The van der Waals surface area contributed by atoms with E-state index in [9.17, 15) is 4.79 Å². The number of nitrogens with one attached hydrogen (secondary N) is 1. The molecule has 5 nitrogen and oxygen atoms in total. The second kappa shape index (κ2) is 5.39. The second-order valence-corrected chi connectivity index (χ2v) is 7.11. The minimum Gasteiger partial charge on any atom is -0.468 e. The Hall–Kier alpha value is -0.880. The summed E-state index contributed by atoms with van der Waals surface area (Å²) in [6.45, 7) is 4.06. The molecule has 0 saturated heterocycles. The third kappa shape index (κ3) is 2.63. The standard InChI is InChI=1S/C15H22BrN3O2/c1-9-13(16)10(2)19(18-9)12-6-7-15(8-12,14(20)21-3)17-11-4-5-11/h11-12,17H,4-8H2,1-3H3. The van der Waals surface area contributed by atoms with E-state index in [1.165, 1.54) is 7.11 Å². The molecule has 0 amide bonds. The van der Waals surface area contributed by atoms with Gasteiger partial charge in [0.25, 0.3) is 0 Å². The maximum absolute atomic E-state index is 12.3. The molecule has 0 aliphatic heterocycles. The summed E-state index contributed by atoms with van der Waals surface area (Å²) >= 11 is 3.58. The van der Waals surface area contributed by atoms with E-state index in [0.29, 0.717) is 6.04 Å². The van der Waals surface area contributed by atoms with Gasteiger partial charge in [0.05, 0.1) is 29.0 Å². The minimum atomic E-state index is -0.528. The van der Waals surface area contributed by atoms with Crippen LogP contribution in [0.3, 0.4) is 0 Å². The monoisotopic (exact) mass is 355 g/mol. The van der Waals surface area contributed by atoms with Crippen molar-refractivity contribution in [3.63, 3.8) is 0 Å². The summed E-state index contributed by atoms with van der Waals surface area (Å²) in [5.74, 6) is -0.127. The van der Waals surface area contributed by atoms with E-state index in [0.717, 1.165) is 48.0 Å². The zero-order chi connectivity index (χ0) is 15.2. The molecule has 21 heavy (non-hydrogen) atoms. The zero-order valence-electron chi connectivity index (χ0n) is 12.8. The van der Waals surface area contributed by atoms with Gasteiger partial charge in [0.1, 0.15) is 5.54 Å². The van der Waals surface area contributed by atoms with E-state index in [2.05, 4.69) is 38.0 Å². The average Bonchev–Trinajstić information content (AvgIpc) is 3.12. The SMILES string of the molecule is COC(=O)C1(NC2CC2)CCC(n2nc(C)c(Br)c2C)C1. The lowest BCUT2D eigenvalue weighted by Crippen LogP contribution is -2.52. The fraction of sp³-hybridized carbons (Fsp3) is 0.733. The first kappa shape index (κ1) is 15.0. The molecule has 0 spiro atoms. The van der Waals surface area contributed by atoms with Gasteiger partial charge in [-0.05, 0) is 61.9 Å². The lowest BCUT2D eigenvalue weighted by atomic mass is 9.97. The van der Waals surface area contributed by atoms with Gasteiger partial charge in [-0.1, -0.05) is 0 Å². The molecule has 3 rings (SSSR count). The Labute approximate surface area is 133 Å². The number of hydrogen-bond acceptors (Lipinski definition) is 4. The number of halogens is 1. The van der Waals surface area contributed by atoms with Gasteiger partial charge in [-0.2, -0.15) is 5.10 Å². The number of carbonyl (C=O) groups is 1. The highest BCUT2D eigenvalue weighted by Gasteiger charge is 2.49. The van der Waals surface area contributed by atoms with Crippen LogP contribution in [0.2, 0.25) is 0 Å². The largest absolute Gasteiger partial charge is 0.468 e. The number of rotatable bonds is 4. The number of nitrogens with zero attached hydrogens (tertiary/aromatic N) is 2. The van der Waals surface area contributed by atoms with Crippen LogP contribution in [0.5, 0.6) is 0 Å². The van der Waals surface area contributed by atoms with Crippen LogP contribution in [0.25, 0.3) is 0 Å². The molecule has 0 bridgehead atoms. The first-order chi connectivity index (χ1) is 9.97. The van der Waals surface area contributed by atoms with Crippen LogP contribution in [0.1, 0.15) is 49.5 Å². The Morgan fingerprint density at radius 2 is 2.14 bits per heavy atom. The van der Waals surface area contributed by atoms with Gasteiger partial charge in [0.2, 0.25) is 0 Å². The third-order valence-electron chi connectivity index (χ3n) is 4.70. The molecule has 0 aromatic carbocycles. The van der Waals surface area contributed by atoms with Crippen molar-refractivity contribution < 1.29 is 9.53 Å². The molecule has 116 valence electrons. The highest BCUT2D eigenvalue weighted by Crippen LogP contribution is 2.41. The maximum Gasteiger partial charge on any atom is 0.326 e. The molecular weight excluding hydrogens is 334 g/mol. The van der Waals surface area contributed by atoms with Crippen molar-refractivity contribution in [1.29, 1.82) is 0 Å². The van der Waals surface area contributed by atoms with Gasteiger partial charge >= 0.3 is 5.97 Å². The van der Waals surface area contributed by atoms with Crippen molar-refractivity contribution in [3.8, 4) is 0 Å². The van der Waals surface area contributed by atoms with Crippen LogP contribution >= 0.6 is 15.9 Å². The number of carbonyl (C=O) groups excluding carboxylic acids is 1. The van der Waals surface area contributed by atoms with Crippen LogP contribution in [0, 0.1) is 13.8 Å². The molecule has 2 fully saturated rings. The number of hydrogen-bond donors (Lipinski definition) is 1. The summed E-state index contributed by atoms with van der Waals surface area (Å²) < 4.78 is 8.20. The number of esters is 1. The molecule has 2 aliphatic rings. The van der Waals surface area contributed by atoms with Crippen LogP contribution in [0.4, 0.5) is 0 Å². The summed E-state index contributed by atoms with van der Waals surface area (Å²) in [4.78, 5) is 12.3. The lowest BCUT2D eigenvalue weighted by molar-refractivity contribution is -0.148. The normalized spacial score (nSPS) is 28.9. The highest BCUT2D eigenvalue weighted by molar-refractivity contribution is 9.10. The quantitative estimate of drug-likeness (QED) is 0.843. The van der Waals surface area contributed by atoms with Crippen LogP contribution < -0.4 is 5.32 Å². The Morgan fingerprint density at radius 3 is 2.67 bits per heavy atom. The summed E-state index contributed by atoms with van der Waals surface area (Å²) in [6.07, 6.45) is 4.84. The summed E-state index contributed by atoms with van der Waals surface area (Å²) in [6, 6.07) is 0.732. The first-order valence-corrected chi connectivity index (χ1v) is 8.33. The molecule has 1 N–H and O–H groups in total. The Balaban J connectivity index is 1.84. The summed E-state index contributed by atoms with van der Waals surface area (Å²) in [7, 11) is 1.48. The summed E-state index contributed by atoms with van der Waals surface area (Å²) in [5.41, 5.74) is 1.60. The average molecular weight is 356 g/mol. The molecule has 2 unspecified atom stereocenters. The van der Waals surface area contributed by atoms with E-state index < -0.39 is 5.54 Å². The number of aromatic nitrogens is 2. The fourth-order valence-electron chi connectivity index (χ4n) is 3.42. The molecule has 1 aromatic heterocycles. The van der Waals surface area contributed by atoms with E-state index in [1.807, 2.05) is 6.92 Å². The maximum atomic E-state index is 12.3. The Kier molecular flexibility index (Phi) is 3.86. The van der Waals surface area contributed by atoms with Crippen LogP contribution in [0.15, 0.2) is 4.47 Å². The van der Waals surface area contributed by atoms with Crippen molar-refractivity contribution in [2.45, 2.75) is 63.6 Å². The van der Waals surface area contributed by atoms with E-state index >= 15 is 0 Å². The van der Waals surface area contributed by atoms with Crippen molar-refractivity contribution >= 4 is 21.9 Å². The fourth-order valence-corrected chi connectivity index (χ4v) is 3.68. The first-order valence-electron chi connectivity index (χ1n) is 7.54. The van der Waals surface area contributed by atoms with Gasteiger partial charge in [-0.25, -0.2) is 0 Å².